The van der Waals surface area contributed by atoms with Crippen LogP contribution < -0.4 is 10.6 Å². The number of amides is 1. The number of rotatable bonds is 6. The fraction of sp³-hybridized carbons (Fsp3) is 0.778. The lowest BCUT2D eigenvalue weighted by molar-refractivity contribution is -0.123. The third kappa shape index (κ3) is 5.68. The Balaban J connectivity index is 0.00000280. The molecule has 2 aliphatic rings. The van der Waals surface area contributed by atoms with Crippen molar-refractivity contribution in [3.63, 3.8) is 0 Å². The average Bonchev–Trinajstić information content (AvgIpc) is 3.10. The van der Waals surface area contributed by atoms with E-state index in [0.717, 1.165) is 13.1 Å². The van der Waals surface area contributed by atoms with Crippen LogP contribution in [0.5, 0.6) is 0 Å². The van der Waals surface area contributed by atoms with Crippen LogP contribution in [0.2, 0.25) is 0 Å². The maximum absolute atomic E-state index is 12.6. The van der Waals surface area contributed by atoms with E-state index >= 15 is 0 Å². The Bertz CT molecular complexity index is 740. The third-order valence-electron chi connectivity index (χ3n) is 5.79. The van der Waals surface area contributed by atoms with Crippen molar-refractivity contribution in [1.29, 1.82) is 0 Å². The van der Waals surface area contributed by atoms with E-state index in [1.165, 1.54) is 34.2 Å². The number of hydrogen-bond donors (Lipinski definition) is 2. The van der Waals surface area contributed by atoms with Crippen molar-refractivity contribution in [3.8, 4) is 0 Å². The van der Waals surface area contributed by atoms with Crippen LogP contribution in [0.4, 0.5) is 0 Å². The lowest BCUT2D eigenvalue weighted by Gasteiger charge is -2.32. The predicted molar refractivity (Wildman–Crippen MR) is 110 cm³/mol. The van der Waals surface area contributed by atoms with E-state index in [2.05, 4.69) is 22.7 Å². The summed E-state index contributed by atoms with van der Waals surface area (Å²) in [5.41, 5.74) is 0. The van der Waals surface area contributed by atoms with Gasteiger partial charge in [-0.15, -0.1) is 12.4 Å². The molecule has 2 unspecified atom stereocenters. The molecule has 2 atom stereocenters. The molecular formula is C18H32ClN5O3S. The lowest BCUT2D eigenvalue weighted by atomic mass is 9.85. The maximum Gasteiger partial charge on any atom is 0.246 e. The SMILES string of the molecule is CC(CC(=O)NC1CCN(S(=O)(=O)c2cnn(C)c2)CC1)C1CCCNC1.Cl. The number of carbonyl (C=O) groups is 1. The van der Waals surface area contributed by atoms with Crippen LogP contribution in [0, 0.1) is 11.8 Å². The minimum Gasteiger partial charge on any atom is -0.353 e. The molecule has 2 saturated heterocycles. The molecule has 0 aromatic carbocycles. The van der Waals surface area contributed by atoms with Crippen LogP contribution in [0.1, 0.15) is 39.0 Å². The molecule has 2 N–H and O–H groups in total. The van der Waals surface area contributed by atoms with Gasteiger partial charge in [-0.3, -0.25) is 9.48 Å². The number of piperidine rings is 2. The van der Waals surface area contributed by atoms with Crippen LogP contribution in [0.25, 0.3) is 0 Å². The molecule has 0 aliphatic carbocycles. The first-order chi connectivity index (χ1) is 12.9. The highest BCUT2D eigenvalue weighted by Gasteiger charge is 2.31. The topological polar surface area (TPSA) is 96.3 Å². The molecule has 1 aromatic rings. The molecule has 28 heavy (non-hydrogen) atoms. The highest BCUT2D eigenvalue weighted by atomic mass is 35.5. The van der Waals surface area contributed by atoms with Crippen LogP contribution in [0.15, 0.2) is 17.3 Å². The molecule has 10 heteroatoms. The summed E-state index contributed by atoms with van der Waals surface area (Å²) >= 11 is 0. The van der Waals surface area contributed by atoms with Crippen LogP contribution in [-0.4, -0.2) is 60.6 Å². The first-order valence-electron chi connectivity index (χ1n) is 9.85. The second kappa shape index (κ2) is 10.0. The smallest absolute Gasteiger partial charge is 0.246 e. The third-order valence-corrected chi connectivity index (χ3v) is 7.64. The summed E-state index contributed by atoms with van der Waals surface area (Å²) in [5.74, 6) is 1.02. The molecule has 2 aliphatic heterocycles. The Morgan fingerprint density at radius 2 is 2.07 bits per heavy atom. The van der Waals surface area contributed by atoms with Gasteiger partial charge in [-0.2, -0.15) is 9.40 Å². The van der Waals surface area contributed by atoms with Crippen LogP contribution in [0.3, 0.4) is 0 Å². The van der Waals surface area contributed by atoms with E-state index in [-0.39, 0.29) is 29.3 Å². The molecule has 1 amide bonds. The fourth-order valence-corrected chi connectivity index (χ4v) is 5.49. The van der Waals surface area contributed by atoms with Crippen molar-refractivity contribution in [2.45, 2.75) is 50.0 Å². The summed E-state index contributed by atoms with van der Waals surface area (Å²) in [4.78, 5) is 12.6. The first kappa shape index (κ1) is 23.1. The fourth-order valence-electron chi connectivity index (χ4n) is 4.03. The minimum absolute atomic E-state index is 0. The van der Waals surface area contributed by atoms with E-state index in [4.69, 9.17) is 0 Å². The van der Waals surface area contributed by atoms with Crippen molar-refractivity contribution in [2.24, 2.45) is 18.9 Å². The lowest BCUT2D eigenvalue weighted by Crippen LogP contribution is -2.47. The highest BCUT2D eigenvalue weighted by molar-refractivity contribution is 7.89. The Hall–Kier alpha value is -1.16. The standard InChI is InChI=1S/C18H31N5O3S.ClH/c1-14(15-4-3-7-19-11-15)10-18(24)21-16-5-8-23(9-6-16)27(25,26)17-12-20-22(2)13-17;/h12-16,19H,3-11H2,1-2H3,(H,21,24);1H. The molecule has 0 bridgehead atoms. The Labute approximate surface area is 173 Å². The summed E-state index contributed by atoms with van der Waals surface area (Å²) < 4.78 is 28.2. The number of aryl methyl sites for hydroxylation is 1. The minimum atomic E-state index is -3.50. The average molecular weight is 434 g/mol. The van der Waals surface area contributed by atoms with Crippen LogP contribution in [-0.2, 0) is 21.9 Å². The van der Waals surface area contributed by atoms with Crippen molar-refractivity contribution in [1.82, 2.24) is 24.7 Å². The largest absolute Gasteiger partial charge is 0.353 e. The second-order valence-electron chi connectivity index (χ2n) is 7.88. The Morgan fingerprint density at radius 3 is 2.64 bits per heavy atom. The zero-order chi connectivity index (χ0) is 19.4. The summed E-state index contributed by atoms with van der Waals surface area (Å²) in [6.07, 6.45) is 7.09. The van der Waals surface area contributed by atoms with Gasteiger partial charge in [0, 0.05) is 38.8 Å². The Morgan fingerprint density at radius 1 is 1.36 bits per heavy atom. The van der Waals surface area contributed by atoms with E-state index in [1.54, 1.807) is 7.05 Å². The summed E-state index contributed by atoms with van der Waals surface area (Å²) in [6.45, 7) is 5.07. The van der Waals surface area contributed by atoms with Gasteiger partial charge in [0.2, 0.25) is 15.9 Å². The highest BCUT2D eigenvalue weighted by Crippen LogP contribution is 2.23. The number of aromatic nitrogens is 2. The summed E-state index contributed by atoms with van der Waals surface area (Å²) in [5, 5.41) is 10.5. The van der Waals surface area contributed by atoms with Gasteiger partial charge >= 0.3 is 0 Å². The van der Waals surface area contributed by atoms with Gasteiger partial charge in [-0.05, 0) is 50.6 Å². The van der Waals surface area contributed by atoms with Gasteiger partial charge in [0.1, 0.15) is 4.90 Å². The van der Waals surface area contributed by atoms with E-state index in [9.17, 15) is 13.2 Å². The molecule has 160 valence electrons. The van der Waals surface area contributed by atoms with Gasteiger partial charge in [0.25, 0.3) is 0 Å². The number of halogens is 1. The maximum atomic E-state index is 12.6. The molecule has 0 spiro atoms. The van der Waals surface area contributed by atoms with Crippen molar-refractivity contribution >= 4 is 28.3 Å². The van der Waals surface area contributed by atoms with E-state index in [0.29, 0.717) is 44.2 Å². The van der Waals surface area contributed by atoms with E-state index < -0.39 is 10.0 Å². The number of nitrogens with zero attached hydrogens (tertiary/aromatic N) is 3. The summed E-state index contributed by atoms with van der Waals surface area (Å²) in [6, 6.07) is 0.0505. The molecular weight excluding hydrogens is 402 g/mol. The van der Waals surface area contributed by atoms with Gasteiger partial charge in [-0.25, -0.2) is 8.42 Å². The van der Waals surface area contributed by atoms with Gasteiger partial charge < -0.3 is 10.6 Å². The number of nitrogens with one attached hydrogen (secondary N) is 2. The predicted octanol–water partition coefficient (Wildman–Crippen LogP) is 1.14. The summed E-state index contributed by atoms with van der Waals surface area (Å²) in [7, 11) is -1.80. The normalized spacial score (nSPS) is 23.0. The number of sulfonamides is 1. The molecule has 2 fully saturated rings. The molecule has 8 nitrogen and oxygen atoms in total. The molecule has 0 radical (unpaired) electrons. The quantitative estimate of drug-likeness (QED) is 0.701. The van der Waals surface area contributed by atoms with Gasteiger partial charge in [-0.1, -0.05) is 6.92 Å². The number of carbonyl (C=O) groups excluding carboxylic acids is 1. The zero-order valence-corrected chi connectivity index (χ0v) is 18.3. The van der Waals surface area contributed by atoms with Crippen molar-refractivity contribution in [2.75, 3.05) is 26.2 Å². The molecule has 1 aromatic heterocycles. The molecule has 3 rings (SSSR count). The van der Waals surface area contributed by atoms with Crippen LogP contribution >= 0.6 is 12.4 Å². The second-order valence-corrected chi connectivity index (χ2v) is 9.82. The Kier molecular flexibility index (Phi) is 8.30. The number of hydrogen-bond acceptors (Lipinski definition) is 5. The van der Waals surface area contributed by atoms with Crippen molar-refractivity contribution < 1.29 is 13.2 Å². The zero-order valence-electron chi connectivity index (χ0n) is 16.6. The van der Waals surface area contributed by atoms with E-state index in [1.807, 2.05) is 0 Å². The monoisotopic (exact) mass is 433 g/mol. The van der Waals surface area contributed by atoms with Crippen molar-refractivity contribution in [3.05, 3.63) is 12.4 Å². The molecule has 3 heterocycles. The van der Waals surface area contributed by atoms with Gasteiger partial charge in [0.15, 0.2) is 0 Å². The van der Waals surface area contributed by atoms with Gasteiger partial charge in [0.05, 0.1) is 6.20 Å². The molecule has 0 saturated carbocycles. The first-order valence-corrected chi connectivity index (χ1v) is 11.3.